The normalized spacial score (nSPS) is 18.1. The van der Waals surface area contributed by atoms with E-state index in [4.69, 9.17) is 4.74 Å². The van der Waals surface area contributed by atoms with Gasteiger partial charge in [0.25, 0.3) is 11.7 Å². The molecule has 1 aliphatic heterocycles. The molecule has 1 heterocycles. The fourth-order valence-electron chi connectivity index (χ4n) is 4.36. The van der Waals surface area contributed by atoms with Crippen LogP contribution in [0.3, 0.4) is 0 Å². The van der Waals surface area contributed by atoms with E-state index in [1.165, 1.54) is 0 Å². The molecule has 0 bridgehead atoms. The van der Waals surface area contributed by atoms with Gasteiger partial charge in [-0.3, -0.25) is 9.59 Å². The SMILES string of the molecule is COc1ccc(C(O)=C2C(=O)C(=O)N(CCCN(C)C)[C@H]2c2ccc(C(C)(C)C)cc2)cc1C. The molecule has 0 saturated carbocycles. The zero-order valence-electron chi connectivity index (χ0n) is 21.3. The van der Waals surface area contributed by atoms with Crippen LogP contribution in [0.2, 0.25) is 0 Å². The van der Waals surface area contributed by atoms with E-state index in [9.17, 15) is 14.7 Å². The third kappa shape index (κ3) is 5.17. The van der Waals surface area contributed by atoms with Crippen molar-refractivity contribution in [3.8, 4) is 5.75 Å². The first kappa shape index (κ1) is 25.5. The lowest BCUT2D eigenvalue weighted by molar-refractivity contribution is -0.139. The molecule has 1 fully saturated rings. The van der Waals surface area contributed by atoms with Crippen molar-refractivity contribution in [2.24, 2.45) is 0 Å². The Balaban J connectivity index is 2.11. The standard InChI is InChI=1S/C28H36N2O4/c1-18-17-20(11-14-22(18)34-7)25(31)23-24(19-9-12-21(13-10-19)28(2,3)4)30(27(33)26(23)32)16-8-15-29(5)6/h9-14,17,24,31H,8,15-16H2,1-7H3/t24-/m0/s1. The number of methoxy groups -OCH3 is 1. The van der Waals surface area contributed by atoms with Crippen molar-refractivity contribution in [1.82, 2.24) is 9.80 Å². The Morgan fingerprint density at radius 2 is 1.74 bits per heavy atom. The summed E-state index contributed by atoms with van der Waals surface area (Å²) in [7, 11) is 5.54. The number of likely N-dealkylation sites (tertiary alicyclic amines) is 1. The van der Waals surface area contributed by atoms with Gasteiger partial charge in [0, 0.05) is 12.1 Å². The van der Waals surface area contributed by atoms with E-state index >= 15 is 0 Å². The Morgan fingerprint density at radius 1 is 1.09 bits per heavy atom. The molecule has 1 atom stereocenters. The van der Waals surface area contributed by atoms with Gasteiger partial charge in [0.05, 0.1) is 18.7 Å². The molecule has 6 heteroatoms. The van der Waals surface area contributed by atoms with Gasteiger partial charge in [0.2, 0.25) is 0 Å². The molecule has 0 aromatic heterocycles. The quantitative estimate of drug-likeness (QED) is 0.366. The predicted molar refractivity (Wildman–Crippen MR) is 135 cm³/mol. The fraction of sp³-hybridized carbons (Fsp3) is 0.429. The molecule has 0 aliphatic carbocycles. The number of hydrogen-bond acceptors (Lipinski definition) is 5. The number of carbonyl (C=O) groups is 2. The van der Waals surface area contributed by atoms with Crippen molar-refractivity contribution in [1.29, 1.82) is 0 Å². The summed E-state index contributed by atoms with van der Waals surface area (Å²) in [6, 6.07) is 12.6. The lowest BCUT2D eigenvalue weighted by Gasteiger charge is -2.27. The highest BCUT2D eigenvalue weighted by molar-refractivity contribution is 6.46. The molecular formula is C28H36N2O4. The van der Waals surface area contributed by atoms with Crippen LogP contribution in [-0.4, -0.2) is 60.9 Å². The number of nitrogens with zero attached hydrogens (tertiary/aromatic N) is 2. The molecule has 3 rings (SSSR count). The first-order chi connectivity index (χ1) is 16.0. The molecule has 1 aliphatic rings. The van der Waals surface area contributed by atoms with Crippen molar-refractivity contribution in [3.05, 3.63) is 70.3 Å². The third-order valence-electron chi connectivity index (χ3n) is 6.31. The van der Waals surface area contributed by atoms with E-state index in [0.29, 0.717) is 17.9 Å². The topological polar surface area (TPSA) is 70.1 Å². The number of Topliss-reactive ketones (excluding diaryl/α,β-unsaturated/α-hetero) is 1. The molecule has 2 aromatic carbocycles. The predicted octanol–water partition coefficient (Wildman–Crippen LogP) is 4.67. The maximum Gasteiger partial charge on any atom is 0.295 e. The number of benzene rings is 2. The van der Waals surface area contributed by atoms with E-state index in [1.54, 1.807) is 30.2 Å². The summed E-state index contributed by atoms with van der Waals surface area (Å²) in [6.45, 7) is 9.51. The number of aliphatic hydroxyl groups is 1. The second-order valence-corrected chi connectivity index (χ2v) is 10.2. The van der Waals surface area contributed by atoms with Crippen LogP contribution in [0.25, 0.3) is 5.76 Å². The lowest BCUT2D eigenvalue weighted by Crippen LogP contribution is -2.32. The molecule has 2 aromatic rings. The van der Waals surface area contributed by atoms with Crippen LogP contribution in [-0.2, 0) is 15.0 Å². The van der Waals surface area contributed by atoms with E-state index in [2.05, 4.69) is 20.8 Å². The largest absolute Gasteiger partial charge is 0.507 e. The number of aryl methyl sites for hydroxylation is 1. The Kier molecular flexibility index (Phi) is 7.51. The number of aliphatic hydroxyl groups excluding tert-OH is 1. The van der Waals surface area contributed by atoms with Crippen LogP contribution in [0.1, 0.15) is 55.5 Å². The highest BCUT2D eigenvalue weighted by Crippen LogP contribution is 2.40. The van der Waals surface area contributed by atoms with Crippen LogP contribution in [0.15, 0.2) is 48.0 Å². The summed E-state index contributed by atoms with van der Waals surface area (Å²) in [5.41, 5.74) is 3.39. The van der Waals surface area contributed by atoms with Crippen molar-refractivity contribution >= 4 is 17.4 Å². The van der Waals surface area contributed by atoms with Gasteiger partial charge in [0.15, 0.2) is 0 Å². The van der Waals surface area contributed by atoms with Gasteiger partial charge in [-0.25, -0.2) is 0 Å². The number of amides is 1. The van der Waals surface area contributed by atoms with Crippen molar-refractivity contribution in [3.63, 3.8) is 0 Å². The molecule has 1 N–H and O–H groups in total. The zero-order chi connectivity index (χ0) is 25.2. The maximum absolute atomic E-state index is 13.2. The summed E-state index contributed by atoms with van der Waals surface area (Å²) in [4.78, 5) is 29.9. The van der Waals surface area contributed by atoms with E-state index < -0.39 is 17.7 Å². The maximum atomic E-state index is 13.2. The minimum atomic E-state index is -0.652. The van der Waals surface area contributed by atoms with Gasteiger partial charge in [0.1, 0.15) is 11.5 Å². The van der Waals surface area contributed by atoms with Crippen molar-refractivity contribution < 1.29 is 19.4 Å². The molecule has 34 heavy (non-hydrogen) atoms. The van der Waals surface area contributed by atoms with Gasteiger partial charge in [-0.05, 0) is 74.3 Å². The number of hydrogen-bond donors (Lipinski definition) is 1. The monoisotopic (exact) mass is 464 g/mol. The highest BCUT2D eigenvalue weighted by atomic mass is 16.5. The van der Waals surface area contributed by atoms with E-state index in [0.717, 1.165) is 29.7 Å². The Hall–Kier alpha value is -3.12. The van der Waals surface area contributed by atoms with Gasteiger partial charge in [-0.1, -0.05) is 45.0 Å². The second kappa shape index (κ2) is 10.0. The Labute approximate surface area is 202 Å². The second-order valence-electron chi connectivity index (χ2n) is 10.2. The number of ether oxygens (including phenoxy) is 1. The summed E-state index contributed by atoms with van der Waals surface area (Å²) in [6.07, 6.45) is 0.721. The molecular weight excluding hydrogens is 428 g/mol. The Morgan fingerprint density at radius 3 is 2.26 bits per heavy atom. The van der Waals surface area contributed by atoms with Gasteiger partial charge >= 0.3 is 0 Å². The van der Waals surface area contributed by atoms with Crippen LogP contribution >= 0.6 is 0 Å². The highest BCUT2D eigenvalue weighted by Gasteiger charge is 2.45. The van der Waals surface area contributed by atoms with Crippen molar-refractivity contribution in [2.45, 2.75) is 45.6 Å². The summed E-state index contributed by atoms with van der Waals surface area (Å²) >= 11 is 0. The number of ketones is 1. The first-order valence-electron chi connectivity index (χ1n) is 11.6. The van der Waals surface area contributed by atoms with Crippen LogP contribution in [0.5, 0.6) is 5.75 Å². The summed E-state index contributed by atoms with van der Waals surface area (Å²) < 4.78 is 5.32. The summed E-state index contributed by atoms with van der Waals surface area (Å²) in [5.74, 6) is -0.699. The average Bonchev–Trinajstić information content (AvgIpc) is 3.02. The molecule has 0 unspecified atom stereocenters. The molecule has 6 nitrogen and oxygen atoms in total. The summed E-state index contributed by atoms with van der Waals surface area (Å²) in [5, 5.41) is 11.3. The van der Waals surface area contributed by atoms with E-state index in [-0.39, 0.29) is 16.7 Å². The van der Waals surface area contributed by atoms with E-state index in [1.807, 2.05) is 50.2 Å². The zero-order valence-corrected chi connectivity index (χ0v) is 21.3. The van der Waals surface area contributed by atoms with Gasteiger partial charge in [-0.15, -0.1) is 0 Å². The average molecular weight is 465 g/mol. The van der Waals surface area contributed by atoms with Crippen LogP contribution in [0, 0.1) is 6.92 Å². The first-order valence-corrected chi connectivity index (χ1v) is 11.6. The van der Waals surface area contributed by atoms with Crippen LogP contribution in [0.4, 0.5) is 0 Å². The molecule has 0 spiro atoms. The lowest BCUT2D eigenvalue weighted by atomic mass is 9.85. The van der Waals surface area contributed by atoms with Gasteiger partial charge in [-0.2, -0.15) is 0 Å². The molecule has 1 saturated heterocycles. The number of carbonyl (C=O) groups excluding carboxylic acids is 2. The van der Waals surface area contributed by atoms with Crippen molar-refractivity contribution in [2.75, 3.05) is 34.3 Å². The Bertz CT molecular complexity index is 1090. The molecule has 1 amide bonds. The molecule has 0 radical (unpaired) electrons. The fourth-order valence-corrected chi connectivity index (χ4v) is 4.36. The van der Waals surface area contributed by atoms with Gasteiger partial charge < -0.3 is 19.6 Å². The van der Waals surface area contributed by atoms with Crippen LogP contribution < -0.4 is 4.74 Å². The minimum Gasteiger partial charge on any atom is -0.507 e. The number of rotatable bonds is 7. The minimum absolute atomic E-state index is 0.0212. The smallest absolute Gasteiger partial charge is 0.295 e. The third-order valence-corrected chi connectivity index (χ3v) is 6.31. The molecule has 182 valence electrons.